The number of amides is 5. The van der Waals surface area contributed by atoms with Crippen molar-refractivity contribution < 1.29 is 39.0 Å². The highest BCUT2D eigenvalue weighted by Gasteiger charge is 2.29. The third-order valence-electron chi connectivity index (χ3n) is 4.15. The van der Waals surface area contributed by atoms with Gasteiger partial charge in [-0.25, -0.2) is 0 Å². The molecule has 0 aliphatic heterocycles. The number of carboxylic acids is 1. The lowest BCUT2D eigenvalue weighted by Crippen LogP contribution is -2.58. The lowest BCUT2D eigenvalue weighted by Gasteiger charge is -2.24. The molecule has 17 nitrogen and oxygen atoms in total. The van der Waals surface area contributed by atoms with E-state index in [0.717, 1.165) is 0 Å². The van der Waals surface area contributed by atoms with Crippen LogP contribution >= 0.6 is 0 Å². The van der Waals surface area contributed by atoms with Crippen molar-refractivity contribution in [3.05, 3.63) is 0 Å². The Hall–Kier alpha value is -3.99. The third-order valence-corrected chi connectivity index (χ3v) is 4.15. The van der Waals surface area contributed by atoms with Gasteiger partial charge in [0.2, 0.25) is 29.5 Å². The Labute approximate surface area is 200 Å². The average molecular weight is 504 g/mol. The van der Waals surface area contributed by atoms with E-state index in [9.17, 15) is 33.9 Å². The van der Waals surface area contributed by atoms with Gasteiger partial charge < -0.3 is 54.0 Å². The van der Waals surface area contributed by atoms with Crippen molar-refractivity contribution in [1.29, 1.82) is 0 Å². The lowest BCUT2D eigenvalue weighted by molar-refractivity contribution is -0.138. The number of hydrogen-bond acceptors (Lipinski definition) is 9. The van der Waals surface area contributed by atoms with Crippen LogP contribution in [0.3, 0.4) is 0 Å². The SMILES string of the molecule is C[C@@H](O)[C@H](NC(=O)CNC(=O)CNC(=O)CN)C(=O)N[C@@H](CCCN=C(N)N)C(=O)NCC(=O)O. The molecule has 13 N–H and O–H groups in total. The van der Waals surface area contributed by atoms with E-state index in [0.29, 0.717) is 0 Å². The molecule has 0 saturated carbocycles. The van der Waals surface area contributed by atoms with Crippen LogP contribution in [0.15, 0.2) is 4.99 Å². The van der Waals surface area contributed by atoms with Crippen molar-refractivity contribution in [2.75, 3.05) is 32.7 Å². The minimum absolute atomic E-state index is 0.0129. The summed E-state index contributed by atoms with van der Waals surface area (Å²) in [6, 6.07) is -2.73. The zero-order chi connectivity index (χ0) is 27.0. The number of aliphatic hydroxyl groups excluding tert-OH is 1. The molecule has 0 unspecified atom stereocenters. The molecule has 3 atom stereocenters. The van der Waals surface area contributed by atoms with Crippen LogP contribution in [0.2, 0.25) is 0 Å². The number of guanidine groups is 1. The average Bonchev–Trinajstić information content (AvgIpc) is 2.79. The standard InChI is InChI=1S/C18H33N9O8/c1-9(28)15(27-13(31)7-24-12(30)6-23-11(29)5-19)17(35)26-10(3-2-4-22-18(20)21)16(34)25-8-14(32)33/h9-10,15,28H,2-8,19H2,1H3,(H,23,29)(H,24,30)(H,25,34)(H,26,35)(H,27,31)(H,32,33)(H4,20,21,22)/t9-,10+,15+/m1/s1. The highest BCUT2D eigenvalue weighted by atomic mass is 16.4. The van der Waals surface area contributed by atoms with E-state index in [2.05, 4.69) is 31.6 Å². The summed E-state index contributed by atoms with van der Waals surface area (Å²) >= 11 is 0. The van der Waals surface area contributed by atoms with Gasteiger partial charge in [-0.05, 0) is 19.8 Å². The molecule has 35 heavy (non-hydrogen) atoms. The van der Waals surface area contributed by atoms with Crippen LogP contribution in [0.5, 0.6) is 0 Å². The Morgan fingerprint density at radius 3 is 2.00 bits per heavy atom. The summed E-state index contributed by atoms with van der Waals surface area (Å²) in [6.07, 6.45) is -1.15. The fourth-order valence-electron chi connectivity index (χ4n) is 2.44. The molecule has 0 heterocycles. The molecule has 5 amide bonds. The van der Waals surface area contributed by atoms with Gasteiger partial charge >= 0.3 is 5.97 Å². The maximum Gasteiger partial charge on any atom is 0.322 e. The van der Waals surface area contributed by atoms with E-state index in [1.54, 1.807) is 0 Å². The largest absolute Gasteiger partial charge is 0.480 e. The van der Waals surface area contributed by atoms with Crippen molar-refractivity contribution in [2.24, 2.45) is 22.2 Å². The van der Waals surface area contributed by atoms with Gasteiger partial charge in [-0.3, -0.25) is 33.8 Å². The van der Waals surface area contributed by atoms with Crippen molar-refractivity contribution in [2.45, 2.75) is 38.0 Å². The number of carboxylic acid groups (broad SMARTS) is 1. The van der Waals surface area contributed by atoms with E-state index < -0.39 is 73.3 Å². The fraction of sp³-hybridized carbons (Fsp3) is 0.611. The molecule has 0 rings (SSSR count). The predicted molar refractivity (Wildman–Crippen MR) is 121 cm³/mol. The third kappa shape index (κ3) is 14.7. The number of nitrogens with zero attached hydrogens (tertiary/aromatic N) is 1. The van der Waals surface area contributed by atoms with Gasteiger partial charge in [-0.2, -0.15) is 0 Å². The van der Waals surface area contributed by atoms with Crippen LogP contribution in [0.25, 0.3) is 0 Å². The van der Waals surface area contributed by atoms with Gasteiger partial charge in [0.25, 0.3) is 0 Å². The molecule has 0 bridgehead atoms. The van der Waals surface area contributed by atoms with Crippen LogP contribution in [-0.2, 0) is 28.8 Å². The first-order valence-corrected chi connectivity index (χ1v) is 10.4. The first-order valence-electron chi connectivity index (χ1n) is 10.4. The molecule has 0 spiro atoms. The van der Waals surface area contributed by atoms with Crippen molar-refractivity contribution in [3.63, 3.8) is 0 Å². The van der Waals surface area contributed by atoms with E-state index in [1.807, 2.05) is 0 Å². The predicted octanol–water partition coefficient (Wildman–Crippen LogP) is -6.22. The minimum Gasteiger partial charge on any atom is -0.480 e. The number of hydrogen-bond donors (Lipinski definition) is 10. The number of aliphatic hydroxyl groups is 1. The number of carbonyl (C=O) groups excluding carboxylic acids is 5. The molecule has 198 valence electrons. The van der Waals surface area contributed by atoms with E-state index in [-0.39, 0.29) is 31.9 Å². The van der Waals surface area contributed by atoms with Crippen LogP contribution < -0.4 is 43.8 Å². The molecule has 17 heteroatoms. The number of carbonyl (C=O) groups is 6. The van der Waals surface area contributed by atoms with Crippen LogP contribution in [0.1, 0.15) is 19.8 Å². The van der Waals surface area contributed by atoms with E-state index >= 15 is 0 Å². The summed E-state index contributed by atoms with van der Waals surface area (Å²) < 4.78 is 0. The highest BCUT2D eigenvalue weighted by Crippen LogP contribution is 2.02. The quantitative estimate of drug-likeness (QED) is 0.0536. The van der Waals surface area contributed by atoms with Crippen molar-refractivity contribution >= 4 is 41.5 Å². The summed E-state index contributed by atoms with van der Waals surface area (Å²) in [5, 5.41) is 29.8. The number of nitrogens with one attached hydrogen (secondary N) is 5. The smallest absolute Gasteiger partial charge is 0.322 e. The van der Waals surface area contributed by atoms with Crippen LogP contribution in [0, 0.1) is 0 Å². The second-order valence-corrected chi connectivity index (χ2v) is 7.16. The van der Waals surface area contributed by atoms with Crippen molar-refractivity contribution in [3.8, 4) is 0 Å². The molecular formula is C18H33N9O8. The second-order valence-electron chi connectivity index (χ2n) is 7.16. The Bertz CT molecular complexity index is 799. The first-order chi connectivity index (χ1) is 16.4. The Kier molecular flexibility index (Phi) is 14.7. The number of rotatable bonds is 16. The number of aliphatic carboxylic acids is 1. The Morgan fingerprint density at radius 2 is 1.46 bits per heavy atom. The van der Waals surface area contributed by atoms with Gasteiger partial charge in [0.15, 0.2) is 5.96 Å². The zero-order valence-corrected chi connectivity index (χ0v) is 19.2. The molecule has 0 saturated heterocycles. The summed E-state index contributed by atoms with van der Waals surface area (Å²) in [7, 11) is 0. The number of nitrogens with two attached hydrogens (primary N) is 3. The van der Waals surface area contributed by atoms with Gasteiger partial charge in [0.1, 0.15) is 18.6 Å². The maximum atomic E-state index is 12.7. The van der Waals surface area contributed by atoms with Gasteiger partial charge in [0.05, 0.1) is 25.7 Å². The van der Waals surface area contributed by atoms with Gasteiger partial charge in [0, 0.05) is 6.54 Å². The summed E-state index contributed by atoms with van der Waals surface area (Å²) in [6.45, 7) is -0.665. The minimum atomic E-state index is -1.51. The monoisotopic (exact) mass is 503 g/mol. The molecule has 0 aliphatic rings. The molecule has 0 aromatic heterocycles. The lowest BCUT2D eigenvalue weighted by atomic mass is 10.1. The Morgan fingerprint density at radius 1 is 0.857 bits per heavy atom. The Balaban J connectivity index is 5.05. The second kappa shape index (κ2) is 16.6. The molecule has 0 aromatic rings. The van der Waals surface area contributed by atoms with Gasteiger partial charge in [-0.1, -0.05) is 0 Å². The summed E-state index contributed by atoms with van der Waals surface area (Å²) in [5.74, 6) is -5.34. The molecule has 0 radical (unpaired) electrons. The molecular weight excluding hydrogens is 470 g/mol. The zero-order valence-electron chi connectivity index (χ0n) is 19.2. The summed E-state index contributed by atoms with van der Waals surface area (Å²) in [5.41, 5.74) is 15.5. The molecule has 0 aromatic carbocycles. The van der Waals surface area contributed by atoms with Gasteiger partial charge in [-0.15, -0.1) is 0 Å². The van der Waals surface area contributed by atoms with E-state index in [1.165, 1.54) is 6.92 Å². The molecule has 0 fully saturated rings. The van der Waals surface area contributed by atoms with E-state index in [4.69, 9.17) is 22.3 Å². The topological polar surface area (TPSA) is 293 Å². The normalized spacial score (nSPS) is 12.8. The van der Waals surface area contributed by atoms with Crippen molar-refractivity contribution in [1.82, 2.24) is 26.6 Å². The first kappa shape index (κ1) is 31.0. The molecule has 0 aliphatic carbocycles. The maximum absolute atomic E-state index is 12.7. The number of aliphatic imine (C=N–C) groups is 1. The van der Waals surface area contributed by atoms with Crippen LogP contribution in [-0.4, -0.2) is 103 Å². The highest BCUT2D eigenvalue weighted by molar-refractivity contribution is 5.94. The fourth-order valence-corrected chi connectivity index (χ4v) is 2.44. The summed E-state index contributed by atoms with van der Waals surface area (Å²) in [4.78, 5) is 74.2. The van der Waals surface area contributed by atoms with Crippen LogP contribution in [0.4, 0.5) is 0 Å².